The number of nitrogens with one attached hydrogen (secondary N) is 1. The van der Waals surface area contributed by atoms with Crippen LogP contribution in [0.25, 0.3) is 0 Å². The van der Waals surface area contributed by atoms with Gasteiger partial charge in [-0.1, -0.05) is 11.6 Å². The van der Waals surface area contributed by atoms with E-state index in [-0.39, 0.29) is 28.4 Å². The van der Waals surface area contributed by atoms with E-state index < -0.39 is 0 Å². The van der Waals surface area contributed by atoms with Crippen LogP contribution >= 0.6 is 11.6 Å². The fourth-order valence-corrected chi connectivity index (χ4v) is 3.08. The summed E-state index contributed by atoms with van der Waals surface area (Å²) in [5, 5.41) is 12.6. The number of fused-ring (bicyclic) bond motifs is 2. The molecule has 2 saturated heterocycles. The van der Waals surface area contributed by atoms with Crippen LogP contribution in [0.2, 0.25) is 5.02 Å². The fourth-order valence-electron chi connectivity index (χ4n) is 2.98. The summed E-state index contributed by atoms with van der Waals surface area (Å²) in [6.07, 6.45) is 3.55. The highest BCUT2D eigenvalue weighted by Gasteiger charge is 2.33. The molecule has 0 radical (unpaired) electrons. The molecule has 2 aliphatic rings. The van der Waals surface area contributed by atoms with Gasteiger partial charge in [-0.3, -0.25) is 4.79 Å². The van der Waals surface area contributed by atoms with E-state index in [4.69, 9.17) is 11.6 Å². The first-order valence-corrected chi connectivity index (χ1v) is 6.87. The second-order valence-electron chi connectivity index (χ2n) is 5.34. The standard InChI is InChI=1S/C13H16ClN3O2/c14-10-5-15-11(4-12(10)18)13(19)16-9-3-8-1-2-17(6-8)7-9/h4-5,8-9H,1-3,6-7H2,(H,15,18)(H,16,19)/t8-,9+/m0/s1. The van der Waals surface area contributed by atoms with Crippen LogP contribution in [0.15, 0.2) is 12.3 Å². The number of piperidine rings is 1. The highest BCUT2D eigenvalue weighted by molar-refractivity contribution is 6.31. The number of nitrogens with zero attached hydrogens (tertiary/aromatic N) is 2. The van der Waals surface area contributed by atoms with E-state index in [1.54, 1.807) is 0 Å². The van der Waals surface area contributed by atoms with Crippen molar-refractivity contribution in [1.29, 1.82) is 0 Å². The van der Waals surface area contributed by atoms with Crippen molar-refractivity contribution in [2.45, 2.75) is 18.9 Å². The Morgan fingerprint density at radius 1 is 1.53 bits per heavy atom. The van der Waals surface area contributed by atoms with Crippen molar-refractivity contribution in [3.8, 4) is 5.75 Å². The van der Waals surface area contributed by atoms with Crippen LogP contribution in [0.5, 0.6) is 5.75 Å². The second kappa shape index (κ2) is 4.98. The van der Waals surface area contributed by atoms with Gasteiger partial charge in [0.2, 0.25) is 0 Å². The van der Waals surface area contributed by atoms with E-state index in [0.717, 1.165) is 26.1 Å². The maximum atomic E-state index is 12.1. The lowest BCUT2D eigenvalue weighted by molar-refractivity contribution is 0.0904. The van der Waals surface area contributed by atoms with Crippen LogP contribution in [-0.4, -0.2) is 46.6 Å². The average Bonchev–Trinajstić information content (AvgIpc) is 2.72. The summed E-state index contributed by atoms with van der Waals surface area (Å²) >= 11 is 5.67. The van der Waals surface area contributed by atoms with Crippen molar-refractivity contribution in [3.05, 3.63) is 23.0 Å². The smallest absolute Gasteiger partial charge is 0.270 e. The third-order valence-corrected chi connectivity index (χ3v) is 4.16. The van der Waals surface area contributed by atoms with E-state index in [2.05, 4.69) is 15.2 Å². The Morgan fingerprint density at radius 3 is 3.11 bits per heavy atom. The molecule has 2 aliphatic heterocycles. The van der Waals surface area contributed by atoms with Crippen molar-refractivity contribution in [1.82, 2.24) is 15.2 Å². The molecular weight excluding hydrogens is 266 g/mol. The third-order valence-electron chi connectivity index (χ3n) is 3.87. The van der Waals surface area contributed by atoms with Crippen LogP contribution in [0.4, 0.5) is 0 Å². The van der Waals surface area contributed by atoms with Gasteiger partial charge in [0, 0.05) is 25.2 Å². The largest absolute Gasteiger partial charge is 0.506 e. The van der Waals surface area contributed by atoms with Crippen LogP contribution < -0.4 is 5.32 Å². The van der Waals surface area contributed by atoms with E-state index in [9.17, 15) is 9.90 Å². The predicted molar refractivity (Wildman–Crippen MR) is 71.3 cm³/mol. The van der Waals surface area contributed by atoms with Crippen molar-refractivity contribution >= 4 is 17.5 Å². The first-order valence-electron chi connectivity index (χ1n) is 6.49. The van der Waals surface area contributed by atoms with Crippen molar-refractivity contribution in [2.75, 3.05) is 19.6 Å². The van der Waals surface area contributed by atoms with E-state index in [0.29, 0.717) is 5.92 Å². The number of aromatic hydroxyl groups is 1. The van der Waals surface area contributed by atoms with Gasteiger partial charge in [0.25, 0.3) is 5.91 Å². The molecular formula is C13H16ClN3O2. The van der Waals surface area contributed by atoms with Gasteiger partial charge in [-0.15, -0.1) is 0 Å². The first kappa shape index (κ1) is 12.7. The van der Waals surface area contributed by atoms with Crippen molar-refractivity contribution in [2.24, 2.45) is 5.92 Å². The average molecular weight is 282 g/mol. The molecule has 19 heavy (non-hydrogen) atoms. The van der Waals surface area contributed by atoms with Gasteiger partial charge in [0.05, 0.1) is 6.20 Å². The molecule has 0 aromatic carbocycles. The Morgan fingerprint density at radius 2 is 2.37 bits per heavy atom. The van der Waals surface area contributed by atoms with Gasteiger partial charge in [0.15, 0.2) is 0 Å². The first-order chi connectivity index (χ1) is 9.11. The van der Waals surface area contributed by atoms with Gasteiger partial charge in [-0.2, -0.15) is 0 Å². The van der Waals surface area contributed by atoms with Crippen LogP contribution in [0.1, 0.15) is 23.3 Å². The maximum Gasteiger partial charge on any atom is 0.270 e. The zero-order valence-corrected chi connectivity index (χ0v) is 11.2. The molecule has 102 valence electrons. The summed E-state index contributed by atoms with van der Waals surface area (Å²) in [6.45, 7) is 3.20. The summed E-state index contributed by atoms with van der Waals surface area (Å²) in [4.78, 5) is 18.4. The van der Waals surface area contributed by atoms with Crippen LogP contribution in [0.3, 0.4) is 0 Å². The second-order valence-corrected chi connectivity index (χ2v) is 5.75. The lowest BCUT2D eigenvalue weighted by atomic mass is 9.97. The number of hydrogen-bond donors (Lipinski definition) is 2. The minimum Gasteiger partial charge on any atom is -0.506 e. The van der Waals surface area contributed by atoms with Crippen LogP contribution in [-0.2, 0) is 0 Å². The van der Waals surface area contributed by atoms with Gasteiger partial charge >= 0.3 is 0 Å². The minimum atomic E-state index is -0.250. The highest BCUT2D eigenvalue weighted by Crippen LogP contribution is 2.27. The predicted octanol–water partition coefficient (Wildman–Crippen LogP) is 1.26. The molecule has 1 aromatic rings. The molecule has 1 amide bonds. The van der Waals surface area contributed by atoms with Crippen molar-refractivity contribution < 1.29 is 9.90 Å². The third kappa shape index (κ3) is 2.67. The molecule has 2 bridgehead atoms. The molecule has 0 spiro atoms. The minimum absolute atomic E-state index is 0.116. The molecule has 3 heterocycles. The molecule has 0 saturated carbocycles. The molecule has 1 unspecified atom stereocenters. The Labute approximate surface area is 116 Å². The zero-order chi connectivity index (χ0) is 13.4. The normalized spacial score (nSPS) is 29.2. The van der Waals surface area contributed by atoms with E-state index in [1.165, 1.54) is 18.7 Å². The number of hydrogen-bond acceptors (Lipinski definition) is 4. The number of carbonyl (C=O) groups excluding carboxylic acids is 1. The number of amides is 1. The Bertz CT molecular complexity index is 497. The Kier molecular flexibility index (Phi) is 3.33. The Hall–Kier alpha value is -1.33. The number of rotatable bonds is 2. The highest BCUT2D eigenvalue weighted by atomic mass is 35.5. The topological polar surface area (TPSA) is 65.5 Å². The summed E-state index contributed by atoms with van der Waals surface area (Å²) in [5.41, 5.74) is 0.204. The van der Waals surface area contributed by atoms with Gasteiger partial charge in [-0.05, 0) is 25.3 Å². The summed E-state index contributed by atoms with van der Waals surface area (Å²) in [5.74, 6) is 0.333. The molecule has 0 aliphatic carbocycles. The number of halogens is 1. The monoisotopic (exact) mass is 281 g/mol. The quantitative estimate of drug-likeness (QED) is 0.857. The number of carbonyl (C=O) groups is 1. The molecule has 2 N–H and O–H groups in total. The molecule has 3 atom stereocenters. The van der Waals surface area contributed by atoms with Crippen molar-refractivity contribution in [3.63, 3.8) is 0 Å². The SMILES string of the molecule is O=C(N[C@@H]1C[C@@H]2CCN(C2)C1)c1cc(O)c(Cl)cn1. The lowest BCUT2D eigenvalue weighted by Gasteiger charge is -2.30. The summed E-state index contributed by atoms with van der Waals surface area (Å²) < 4.78 is 0. The molecule has 1 aromatic heterocycles. The molecule has 5 nitrogen and oxygen atoms in total. The number of pyridine rings is 1. The summed E-state index contributed by atoms with van der Waals surface area (Å²) in [7, 11) is 0. The molecule has 2 fully saturated rings. The van der Waals surface area contributed by atoms with Gasteiger partial charge < -0.3 is 15.3 Å². The summed E-state index contributed by atoms with van der Waals surface area (Å²) in [6, 6.07) is 1.48. The molecule has 6 heteroatoms. The molecule has 3 rings (SSSR count). The Balaban J connectivity index is 1.66. The number of aromatic nitrogens is 1. The van der Waals surface area contributed by atoms with E-state index >= 15 is 0 Å². The van der Waals surface area contributed by atoms with Crippen LogP contribution in [0, 0.1) is 5.92 Å². The zero-order valence-electron chi connectivity index (χ0n) is 10.5. The maximum absolute atomic E-state index is 12.1. The van der Waals surface area contributed by atoms with Gasteiger partial charge in [-0.25, -0.2) is 4.98 Å². The van der Waals surface area contributed by atoms with E-state index in [1.807, 2.05) is 0 Å². The fraction of sp³-hybridized carbons (Fsp3) is 0.538. The lowest BCUT2D eigenvalue weighted by Crippen LogP contribution is -2.47. The van der Waals surface area contributed by atoms with Gasteiger partial charge in [0.1, 0.15) is 16.5 Å².